The lowest BCUT2D eigenvalue weighted by atomic mass is 10.1. The third-order valence-corrected chi connectivity index (χ3v) is 3.88. The van der Waals surface area contributed by atoms with Crippen molar-refractivity contribution in [2.24, 2.45) is 0 Å². The third kappa shape index (κ3) is 3.58. The predicted octanol–water partition coefficient (Wildman–Crippen LogP) is 0.860. The van der Waals surface area contributed by atoms with Crippen LogP contribution in [-0.2, 0) is 21.5 Å². The van der Waals surface area contributed by atoms with E-state index in [0.29, 0.717) is 5.69 Å². The van der Waals surface area contributed by atoms with Gasteiger partial charge in [0.2, 0.25) is 5.91 Å². The number of hydrogen-bond acceptors (Lipinski definition) is 6. The molecule has 10 nitrogen and oxygen atoms in total. The van der Waals surface area contributed by atoms with Gasteiger partial charge in [-0.3, -0.25) is 9.48 Å². The van der Waals surface area contributed by atoms with Gasteiger partial charge in [-0.25, -0.2) is 9.48 Å². The summed E-state index contributed by atoms with van der Waals surface area (Å²) in [5, 5.41) is 26.9. The van der Waals surface area contributed by atoms with Crippen LogP contribution in [0.15, 0.2) is 43.0 Å². The Bertz CT molecular complexity index is 914. The molecule has 0 fully saturated rings. The van der Waals surface area contributed by atoms with Crippen molar-refractivity contribution in [1.29, 1.82) is 0 Å². The van der Waals surface area contributed by atoms with E-state index in [2.05, 4.69) is 25.9 Å². The topological polar surface area (TPSA) is 128 Å². The number of carboxylic acid groups (broad SMARTS) is 1. The fraction of sp³-hybridized carbons (Fsp3) is 0.250. The molecule has 134 valence electrons. The largest absolute Gasteiger partial charge is 0.479 e. The second kappa shape index (κ2) is 6.75. The third-order valence-electron chi connectivity index (χ3n) is 3.88. The highest BCUT2D eigenvalue weighted by atomic mass is 16.4. The molecule has 3 aromatic rings. The van der Waals surface area contributed by atoms with Crippen LogP contribution in [0.25, 0.3) is 5.69 Å². The average molecular weight is 355 g/mol. The van der Waals surface area contributed by atoms with Crippen LogP contribution in [0.4, 0.5) is 5.69 Å². The Morgan fingerprint density at radius 2 is 1.96 bits per heavy atom. The molecule has 0 unspecified atom stereocenters. The first kappa shape index (κ1) is 17.3. The number of nitrogens with zero attached hydrogens (tertiary/aromatic N) is 6. The lowest BCUT2D eigenvalue weighted by Gasteiger charge is -2.19. The molecule has 0 saturated heterocycles. The minimum atomic E-state index is -1.20. The molecule has 0 radical (unpaired) electrons. The number of tetrazole rings is 1. The molecule has 26 heavy (non-hydrogen) atoms. The van der Waals surface area contributed by atoms with Crippen LogP contribution >= 0.6 is 0 Å². The first-order valence-corrected chi connectivity index (χ1v) is 7.77. The summed E-state index contributed by atoms with van der Waals surface area (Å²) in [6.07, 6.45) is 4.57. The number of anilines is 1. The normalized spacial score (nSPS) is 11.3. The van der Waals surface area contributed by atoms with Gasteiger partial charge in [-0.15, -0.1) is 5.10 Å². The number of benzene rings is 1. The second-order valence-corrected chi connectivity index (χ2v) is 6.18. The number of hydrogen-bond donors (Lipinski definition) is 2. The maximum Gasteiger partial charge on any atom is 0.331 e. The Morgan fingerprint density at radius 1 is 1.23 bits per heavy atom. The zero-order chi connectivity index (χ0) is 18.7. The molecule has 2 aromatic heterocycles. The van der Waals surface area contributed by atoms with Crippen molar-refractivity contribution in [1.82, 2.24) is 30.0 Å². The minimum Gasteiger partial charge on any atom is -0.479 e. The minimum absolute atomic E-state index is 0.170. The van der Waals surface area contributed by atoms with Crippen molar-refractivity contribution in [3.8, 4) is 5.69 Å². The van der Waals surface area contributed by atoms with Gasteiger partial charge in [0.05, 0.1) is 24.0 Å². The van der Waals surface area contributed by atoms with E-state index in [-0.39, 0.29) is 12.3 Å². The summed E-state index contributed by atoms with van der Waals surface area (Å²) in [5.74, 6) is -1.24. The molecule has 0 bridgehead atoms. The maximum atomic E-state index is 12.2. The molecule has 0 spiro atoms. The van der Waals surface area contributed by atoms with Gasteiger partial charge in [0.15, 0.2) is 5.54 Å². The van der Waals surface area contributed by atoms with Gasteiger partial charge in [0, 0.05) is 6.20 Å². The highest BCUT2D eigenvalue weighted by Crippen LogP contribution is 2.17. The average Bonchev–Trinajstić information content (AvgIpc) is 3.27. The zero-order valence-electron chi connectivity index (χ0n) is 14.2. The summed E-state index contributed by atoms with van der Waals surface area (Å²) < 4.78 is 2.81. The van der Waals surface area contributed by atoms with Gasteiger partial charge >= 0.3 is 5.97 Å². The number of amides is 1. The number of rotatable bonds is 6. The van der Waals surface area contributed by atoms with Crippen LogP contribution in [0, 0.1) is 0 Å². The fourth-order valence-electron chi connectivity index (χ4n) is 2.23. The zero-order valence-corrected chi connectivity index (χ0v) is 14.2. The van der Waals surface area contributed by atoms with E-state index >= 15 is 0 Å². The quantitative estimate of drug-likeness (QED) is 0.671. The molecule has 2 heterocycles. The van der Waals surface area contributed by atoms with Gasteiger partial charge in [-0.1, -0.05) is 12.1 Å². The van der Waals surface area contributed by atoms with Gasteiger partial charge in [0.1, 0.15) is 6.33 Å². The molecule has 0 aliphatic heterocycles. The number of carbonyl (C=O) groups excluding carboxylic acids is 1. The van der Waals surface area contributed by atoms with Crippen molar-refractivity contribution in [2.75, 3.05) is 5.32 Å². The summed E-state index contributed by atoms with van der Waals surface area (Å²) in [5.41, 5.74) is 0.846. The van der Waals surface area contributed by atoms with E-state index < -0.39 is 11.5 Å². The molecular formula is C16H17N7O3. The van der Waals surface area contributed by atoms with Crippen LogP contribution in [-0.4, -0.2) is 47.0 Å². The highest BCUT2D eigenvalue weighted by Gasteiger charge is 2.30. The highest BCUT2D eigenvalue weighted by molar-refractivity contribution is 5.92. The summed E-state index contributed by atoms with van der Waals surface area (Å²) >= 11 is 0. The number of carbonyl (C=O) groups is 2. The van der Waals surface area contributed by atoms with Crippen molar-refractivity contribution >= 4 is 17.6 Å². The molecule has 2 N–H and O–H groups in total. The number of nitrogens with one attached hydrogen (secondary N) is 1. The van der Waals surface area contributed by atoms with Gasteiger partial charge < -0.3 is 10.4 Å². The SMILES string of the molecule is CC(C)(C(=O)O)n1cc(NC(=O)Cc2ccc(-n3cnnn3)cc2)cn1. The molecule has 3 rings (SSSR count). The standard InChI is InChI=1S/C16H17N7O3/c1-16(2,15(25)26)23-9-12(8-18-23)19-14(24)7-11-3-5-13(6-4-11)22-10-17-20-21-22/h3-6,8-10H,7H2,1-2H3,(H,19,24)(H,25,26). The molecule has 0 saturated carbocycles. The van der Waals surface area contributed by atoms with Crippen molar-refractivity contribution < 1.29 is 14.7 Å². The number of aliphatic carboxylic acids is 1. The summed E-state index contributed by atoms with van der Waals surface area (Å²) in [6, 6.07) is 7.25. The molecule has 0 aliphatic carbocycles. The van der Waals surface area contributed by atoms with E-state index in [1.807, 2.05) is 24.3 Å². The number of carboxylic acids is 1. The molecule has 10 heteroatoms. The first-order valence-electron chi connectivity index (χ1n) is 7.77. The molecular weight excluding hydrogens is 338 g/mol. The Morgan fingerprint density at radius 3 is 2.58 bits per heavy atom. The summed E-state index contributed by atoms with van der Waals surface area (Å²) in [4.78, 5) is 23.4. The second-order valence-electron chi connectivity index (χ2n) is 6.18. The van der Waals surface area contributed by atoms with Crippen molar-refractivity contribution in [3.63, 3.8) is 0 Å². The van der Waals surface area contributed by atoms with Crippen molar-refractivity contribution in [2.45, 2.75) is 25.8 Å². The Labute approximate surface area is 148 Å². The summed E-state index contributed by atoms with van der Waals surface area (Å²) in [6.45, 7) is 3.06. The van der Waals surface area contributed by atoms with Crippen LogP contribution in [0.5, 0.6) is 0 Å². The molecule has 1 aromatic carbocycles. The van der Waals surface area contributed by atoms with E-state index in [1.54, 1.807) is 0 Å². The molecule has 0 atom stereocenters. The Hall–Kier alpha value is -3.56. The van der Waals surface area contributed by atoms with Crippen LogP contribution in [0.3, 0.4) is 0 Å². The monoisotopic (exact) mass is 355 g/mol. The van der Waals surface area contributed by atoms with E-state index in [1.165, 1.54) is 41.9 Å². The van der Waals surface area contributed by atoms with Crippen LogP contribution in [0.2, 0.25) is 0 Å². The Balaban J connectivity index is 1.63. The van der Waals surface area contributed by atoms with Crippen LogP contribution in [0.1, 0.15) is 19.4 Å². The maximum absolute atomic E-state index is 12.2. The van der Waals surface area contributed by atoms with Crippen LogP contribution < -0.4 is 5.32 Å². The first-order chi connectivity index (χ1) is 12.4. The fourth-order valence-corrected chi connectivity index (χ4v) is 2.23. The van der Waals surface area contributed by atoms with Gasteiger partial charge in [-0.05, 0) is 42.0 Å². The number of aromatic nitrogens is 6. The lowest BCUT2D eigenvalue weighted by Crippen LogP contribution is -2.35. The van der Waals surface area contributed by atoms with E-state index in [0.717, 1.165) is 11.3 Å². The predicted molar refractivity (Wildman–Crippen MR) is 90.7 cm³/mol. The smallest absolute Gasteiger partial charge is 0.331 e. The van der Waals surface area contributed by atoms with E-state index in [4.69, 9.17) is 0 Å². The summed E-state index contributed by atoms with van der Waals surface area (Å²) in [7, 11) is 0. The molecule has 1 amide bonds. The van der Waals surface area contributed by atoms with Crippen molar-refractivity contribution in [3.05, 3.63) is 48.5 Å². The molecule has 0 aliphatic rings. The van der Waals surface area contributed by atoms with E-state index in [9.17, 15) is 14.7 Å². The lowest BCUT2D eigenvalue weighted by molar-refractivity contribution is -0.146. The van der Waals surface area contributed by atoms with Gasteiger partial charge in [-0.2, -0.15) is 5.10 Å². The Kier molecular flexibility index (Phi) is 4.48. The van der Waals surface area contributed by atoms with Gasteiger partial charge in [0.25, 0.3) is 0 Å².